The van der Waals surface area contributed by atoms with E-state index in [9.17, 15) is 14.7 Å². The van der Waals surface area contributed by atoms with E-state index in [4.69, 9.17) is 0 Å². The second kappa shape index (κ2) is 7.47. The molecule has 6 nitrogen and oxygen atoms in total. The third-order valence-corrected chi connectivity index (χ3v) is 5.12. The second-order valence-electron chi connectivity index (χ2n) is 7.55. The van der Waals surface area contributed by atoms with Gasteiger partial charge in [0.2, 0.25) is 5.91 Å². The Bertz CT molecular complexity index is 1140. The van der Waals surface area contributed by atoms with E-state index in [1.807, 2.05) is 30.7 Å². The number of aromatic nitrogens is 1. The number of para-hydroxylation sites is 1. The molecular weight excluding hydrogens is 366 g/mol. The van der Waals surface area contributed by atoms with Gasteiger partial charge in [0, 0.05) is 30.6 Å². The van der Waals surface area contributed by atoms with Crippen molar-refractivity contribution in [2.24, 2.45) is 0 Å². The molecule has 2 heterocycles. The molecule has 1 unspecified atom stereocenters. The van der Waals surface area contributed by atoms with Crippen molar-refractivity contribution in [3.8, 4) is 5.75 Å². The van der Waals surface area contributed by atoms with Gasteiger partial charge in [-0.1, -0.05) is 23.8 Å². The number of phenolic OH excluding ortho intramolecular Hbond substituents is 1. The summed E-state index contributed by atoms with van der Waals surface area (Å²) < 4.78 is 2.04. The van der Waals surface area contributed by atoms with Crippen LogP contribution in [0.5, 0.6) is 5.75 Å². The second-order valence-corrected chi connectivity index (χ2v) is 7.55. The summed E-state index contributed by atoms with van der Waals surface area (Å²) in [7, 11) is 0. The molecule has 0 spiro atoms. The van der Waals surface area contributed by atoms with E-state index < -0.39 is 6.04 Å². The Labute approximate surface area is 168 Å². The fourth-order valence-corrected chi connectivity index (χ4v) is 3.63. The van der Waals surface area contributed by atoms with Gasteiger partial charge in [0.15, 0.2) is 0 Å². The van der Waals surface area contributed by atoms with Crippen LogP contribution in [0.25, 0.3) is 10.9 Å². The number of phenols is 1. The predicted molar refractivity (Wildman–Crippen MR) is 113 cm³/mol. The number of hydrogen-bond acceptors (Lipinski definition) is 3. The van der Waals surface area contributed by atoms with Crippen LogP contribution in [0, 0.1) is 0 Å². The number of fused-ring (bicyclic) bond motifs is 2. The molecule has 2 amide bonds. The smallest absolute Gasteiger partial charge is 0.254 e. The van der Waals surface area contributed by atoms with Crippen LogP contribution in [0.2, 0.25) is 0 Å². The van der Waals surface area contributed by atoms with Crippen molar-refractivity contribution < 1.29 is 14.7 Å². The Morgan fingerprint density at radius 1 is 1.17 bits per heavy atom. The molecule has 6 heteroatoms. The molecule has 4 rings (SSSR count). The van der Waals surface area contributed by atoms with Crippen LogP contribution in [0.1, 0.15) is 29.8 Å². The highest BCUT2D eigenvalue weighted by Crippen LogP contribution is 2.27. The Balaban J connectivity index is 1.68. The molecule has 0 radical (unpaired) electrons. The maximum absolute atomic E-state index is 12.8. The highest BCUT2D eigenvalue weighted by molar-refractivity contribution is 6.10. The van der Waals surface area contributed by atoms with Gasteiger partial charge in [-0.15, -0.1) is 0 Å². The van der Waals surface area contributed by atoms with Gasteiger partial charge in [-0.05, 0) is 43.7 Å². The molecule has 1 aliphatic heterocycles. The summed E-state index contributed by atoms with van der Waals surface area (Å²) in [6, 6.07) is 11.5. The highest BCUT2D eigenvalue weighted by Gasteiger charge is 2.28. The minimum absolute atomic E-state index is 0.191. The van der Waals surface area contributed by atoms with E-state index in [0.29, 0.717) is 24.2 Å². The summed E-state index contributed by atoms with van der Waals surface area (Å²) in [5, 5.41) is 16.6. The maximum Gasteiger partial charge on any atom is 0.254 e. The first-order valence-corrected chi connectivity index (χ1v) is 9.57. The average Bonchev–Trinajstić information content (AvgIpc) is 2.96. The van der Waals surface area contributed by atoms with Crippen molar-refractivity contribution in [2.75, 3.05) is 5.32 Å². The first-order chi connectivity index (χ1) is 13.9. The summed E-state index contributed by atoms with van der Waals surface area (Å²) in [6.07, 6.45) is 4.44. The third-order valence-electron chi connectivity index (χ3n) is 5.12. The van der Waals surface area contributed by atoms with Gasteiger partial charge < -0.3 is 20.3 Å². The number of hydrogen-bond donors (Lipinski definition) is 3. The zero-order valence-corrected chi connectivity index (χ0v) is 16.4. The van der Waals surface area contributed by atoms with E-state index >= 15 is 0 Å². The largest absolute Gasteiger partial charge is 0.508 e. The van der Waals surface area contributed by atoms with Crippen LogP contribution in [-0.2, 0) is 17.8 Å². The molecule has 0 aliphatic carbocycles. The van der Waals surface area contributed by atoms with Gasteiger partial charge >= 0.3 is 0 Å². The summed E-state index contributed by atoms with van der Waals surface area (Å²) in [5.74, 6) is -0.321. The van der Waals surface area contributed by atoms with Gasteiger partial charge in [-0.3, -0.25) is 9.59 Å². The number of benzene rings is 2. The molecule has 29 heavy (non-hydrogen) atoms. The number of nitrogens with zero attached hydrogens (tertiary/aromatic N) is 1. The number of carbonyl (C=O) groups excluding carboxylic acids is 2. The van der Waals surface area contributed by atoms with Crippen LogP contribution in [0.4, 0.5) is 5.69 Å². The van der Waals surface area contributed by atoms with E-state index in [0.717, 1.165) is 16.5 Å². The molecule has 3 aromatic rings. The number of aromatic hydroxyl groups is 1. The third kappa shape index (κ3) is 3.74. The van der Waals surface area contributed by atoms with Crippen LogP contribution in [-0.4, -0.2) is 27.5 Å². The average molecular weight is 389 g/mol. The molecular formula is C23H23N3O3. The Hall–Kier alpha value is -3.54. The van der Waals surface area contributed by atoms with E-state index in [1.165, 1.54) is 5.57 Å². The lowest BCUT2D eigenvalue weighted by Gasteiger charge is -2.14. The number of rotatable bonds is 4. The van der Waals surface area contributed by atoms with Crippen LogP contribution >= 0.6 is 0 Å². The molecule has 0 saturated heterocycles. The minimum atomic E-state index is -0.689. The summed E-state index contributed by atoms with van der Waals surface area (Å²) in [5.41, 5.74) is 4.00. The molecule has 1 atom stereocenters. The van der Waals surface area contributed by atoms with E-state index in [1.54, 1.807) is 36.4 Å². The van der Waals surface area contributed by atoms with Crippen LogP contribution in [0.15, 0.2) is 60.3 Å². The fourth-order valence-electron chi connectivity index (χ4n) is 3.63. The zero-order chi connectivity index (χ0) is 20.5. The molecule has 1 aliphatic rings. The van der Waals surface area contributed by atoms with Crippen molar-refractivity contribution in [2.45, 2.75) is 32.9 Å². The quantitative estimate of drug-likeness (QED) is 0.596. The first kappa shape index (κ1) is 18.8. The molecule has 0 fully saturated rings. The van der Waals surface area contributed by atoms with Gasteiger partial charge in [0.25, 0.3) is 5.91 Å². The van der Waals surface area contributed by atoms with Gasteiger partial charge in [-0.25, -0.2) is 0 Å². The Kier molecular flexibility index (Phi) is 4.84. The lowest BCUT2D eigenvalue weighted by Crippen LogP contribution is -2.42. The van der Waals surface area contributed by atoms with Crippen LogP contribution in [0.3, 0.4) is 0 Å². The number of nitrogens with one attached hydrogen (secondary N) is 2. The normalized spacial score (nSPS) is 16.0. The monoisotopic (exact) mass is 389 g/mol. The SMILES string of the molecule is CC(C)=CCn1cc(CC2NC(=O)c3ccccc3NC2=O)c2ccc(O)cc21. The first-order valence-electron chi connectivity index (χ1n) is 9.57. The lowest BCUT2D eigenvalue weighted by atomic mass is 10.0. The maximum atomic E-state index is 12.8. The molecule has 0 bridgehead atoms. The number of anilines is 1. The fraction of sp³-hybridized carbons (Fsp3) is 0.217. The molecule has 3 N–H and O–H groups in total. The highest BCUT2D eigenvalue weighted by atomic mass is 16.3. The molecule has 148 valence electrons. The van der Waals surface area contributed by atoms with Crippen LogP contribution < -0.4 is 10.6 Å². The summed E-state index contributed by atoms with van der Waals surface area (Å²) in [6.45, 7) is 4.73. The van der Waals surface area contributed by atoms with Crippen molar-refractivity contribution in [3.63, 3.8) is 0 Å². The number of carbonyl (C=O) groups is 2. The molecule has 2 aromatic carbocycles. The Morgan fingerprint density at radius 2 is 1.97 bits per heavy atom. The van der Waals surface area contributed by atoms with Gasteiger partial charge in [0.05, 0.1) is 16.8 Å². The zero-order valence-electron chi connectivity index (χ0n) is 16.4. The van der Waals surface area contributed by atoms with E-state index in [-0.39, 0.29) is 17.6 Å². The van der Waals surface area contributed by atoms with Crippen molar-refractivity contribution in [3.05, 3.63) is 71.4 Å². The standard InChI is InChI=1S/C23H23N3O3/c1-14(2)9-10-26-13-15(17-8-7-16(27)12-21(17)26)11-20-23(29)24-19-6-4-3-5-18(19)22(28)25-20/h3-9,12-13,20,27H,10-11H2,1-2H3,(H,24,29)(H,25,28). The lowest BCUT2D eigenvalue weighted by molar-refractivity contribution is -0.117. The van der Waals surface area contributed by atoms with Crippen molar-refractivity contribution >= 4 is 28.4 Å². The summed E-state index contributed by atoms with van der Waals surface area (Å²) >= 11 is 0. The van der Waals surface area contributed by atoms with Crippen molar-refractivity contribution in [1.29, 1.82) is 0 Å². The predicted octanol–water partition coefficient (Wildman–Crippen LogP) is 3.61. The minimum Gasteiger partial charge on any atom is -0.508 e. The Morgan fingerprint density at radius 3 is 2.76 bits per heavy atom. The van der Waals surface area contributed by atoms with Gasteiger partial charge in [-0.2, -0.15) is 0 Å². The van der Waals surface area contributed by atoms with Gasteiger partial charge in [0.1, 0.15) is 11.8 Å². The molecule has 1 aromatic heterocycles. The number of allylic oxidation sites excluding steroid dienone is 2. The summed E-state index contributed by atoms with van der Waals surface area (Å²) in [4.78, 5) is 25.4. The van der Waals surface area contributed by atoms with E-state index in [2.05, 4.69) is 16.7 Å². The topological polar surface area (TPSA) is 83.4 Å². The molecule has 0 saturated carbocycles. The number of amides is 2. The van der Waals surface area contributed by atoms with Crippen molar-refractivity contribution in [1.82, 2.24) is 9.88 Å².